The zero-order chi connectivity index (χ0) is 15.9. The Bertz CT molecular complexity index is 916. The molecule has 0 aliphatic carbocycles. The Labute approximate surface area is 140 Å². The first-order valence-electron chi connectivity index (χ1n) is 6.71. The van der Waals surface area contributed by atoms with Crippen molar-refractivity contribution in [1.29, 1.82) is 0 Å². The van der Waals surface area contributed by atoms with Crippen molar-refractivity contribution in [1.82, 2.24) is 14.5 Å². The van der Waals surface area contributed by atoms with Gasteiger partial charge in [-0.1, -0.05) is 30.0 Å². The molecule has 0 unspecified atom stereocenters. The Hall–Kier alpha value is -1.66. The van der Waals surface area contributed by atoms with E-state index >= 15 is 0 Å². The lowest BCUT2D eigenvalue weighted by atomic mass is 10.1. The summed E-state index contributed by atoms with van der Waals surface area (Å²) in [6.45, 7) is 4.00. The second-order valence-corrected chi connectivity index (χ2v) is 6.64. The molecule has 0 aliphatic rings. The van der Waals surface area contributed by atoms with E-state index in [4.69, 9.17) is 0 Å². The quantitative estimate of drug-likeness (QED) is 0.503. The number of aromatic nitrogens is 3. The van der Waals surface area contributed by atoms with Gasteiger partial charge in [0.15, 0.2) is 5.16 Å². The molecule has 4 nitrogen and oxygen atoms in total. The zero-order valence-electron chi connectivity index (χ0n) is 12.4. The van der Waals surface area contributed by atoms with Gasteiger partial charge in [-0.25, -0.2) is 9.97 Å². The minimum Gasteiger partial charge on any atom is -0.282 e. The minimum atomic E-state index is -0.108. The number of hydrogen-bond donors (Lipinski definition) is 0. The Morgan fingerprint density at radius 2 is 1.91 bits per heavy atom. The Kier molecular flexibility index (Phi) is 4.06. The number of aryl methyl sites for hydroxylation is 2. The van der Waals surface area contributed by atoms with E-state index < -0.39 is 0 Å². The number of thioether (sulfide) groups is 1. The summed E-state index contributed by atoms with van der Waals surface area (Å²) in [5, 5.41) is 1.16. The molecule has 2 aromatic heterocycles. The highest BCUT2D eigenvalue weighted by molar-refractivity contribution is 9.10. The number of halogens is 1. The van der Waals surface area contributed by atoms with Crippen molar-refractivity contribution in [3.8, 4) is 5.69 Å². The molecule has 3 aromatic rings. The molecule has 3 rings (SSSR count). The molecule has 0 fully saturated rings. The largest absolute Gasteiger partial charge is 0.282 e. The van der Waals surface area contributed by atoms with Crippen molar-refractivity contribution in [2.24, 2.45) is 0 Å². The number of para-hydroxylation sites is 1. The zero-order valence-corrected chi connectivity index (χ0v) is 14.8. The standard InChI is InChI=1S/C16H14BrN3OS/c1-9-5-4-6-10(2)14(9)20-8-12(17)13-11(15(20)21)7-18-16(19-13)22-3/h4-8H,1-3H3. The van der Waals surface area contributed by atoms with Crippen LogP contribution in [0.5, 0.6) is 0 Å². The smallest absolute Gasteiger partial charge is 0.266 e. The van der Waals surface area contributed by atoms with Crippen molar-refractivity contribution in [3.05, 3.63) is 56.5 Å². The number of rotatable bonds is 2. The summed E-state index contributed by atoms with van der Waals surface area (Å²) in [6, 6.07) is 5.99. The summed E-state index contributed by atoms with van der Waals surface area (Å²) in [6.07, 6.45) is 5.30. The van der Waals surface area contributed by atoms with Crippen molar-refractivity contribution >= 4 is 38.6 Å². The molecular weight excluding hydrogens is 362 g/mol. The monoisotopic (exact) mass is 375 g/mol. The van der Waals surface area contributed by atoms with Crippen molar-refractivity contribution < 1.29 is 0 Å². The van der Waals surface area contributed by atoms with E-state index in [0.29, 0.717) is 16.1 Å². The highest BCUT2D eigenvalue weighted by atomic mass is 79.9. The van der Waals surface area contributed by atoms with Crippen LogP contribution in [-0.4, -0.2) is 20.8 Å². The van der Waals surface area contributed by atoms with E-state index in [2.05, 4.69) is 25.9 Å². The first-order valence-corrected chi connectivity index (χ1v) is 8.73. The number of nitrogens with zero attached hydrogens (tertiary/aromatic N) is 3. The molecule has 22 heavy (non-hydrogen) atoms. The maximum absolute atomic E-state index is 12.8. The molecule has 6 heteroatoms. The van der Waals surface area contributed by atoms with Crippen LogP contribution in [0.25, 0.3) is 16.6 Å². The van der Waals surface area contributed by atoms with Gasteiger partial charge < -0.3 is 0 Å². The molecular formula is C16H14BrN3OS. The van der Waals surface area contributed by atoms with Crippen LogP contribution in [0.4, 0.5) is 0 Å². The molecule has 0 amide bonds. The Balaban J connectivity index is 2.38. The maximum atomic E-state index is 12.8. The van der Waals surface area contributed by atoms with Crippen LogP contribution in [0.15, 0.2) is 45.0 Å². The van der Waals surface area contributed by atoms with Crippen LogP contribution < -0.4 is 5.56 Å². The molecule has 1 aromatic carbocycles. The molecule has 0 atom stereocenters. The molecule has 2 heterocycles. The van der Waals surface area contributed by atoms with Crippen LogP contribution in [-0.2, 0) is 0 Å². The molecule has 0 spiro atoms. The Morgan fingerprint density at radius 3 is 2.55 bits per heavy atom. The third kappa shape index (κ3) is 2.46. The van der Waals surface area contributed by atoms with Gasteiger partial charge in [0.2, 0.25) is 0 Å². The van der Waals surface area contributed by atoms with Crippen LogP contribution in [0.1, 0.15) is 11.1 Å². The summed E-state index contributed by atoms with van der Waals surface area (Å²) in [7, 11) is 0. The normalized spacial score (nSPS) is 11.1. The minimum absolute atomic E-state index is 0.108. The summed E-state index contributed by atoms with van der Waals surface area (Å²) in [5.41, 5.74) is 3.55. The number of benzene rings is 1. The van der Waals surface area contributed by atoms with Gasteiger partial charge in [0.1, 0.15) is 0 Å². The second-order valence-electron chi connectivity index (χ2n) is 5.01. The van der Waals surface area contributed by atoms with Gasteiger partial charge in [0.25, 0.3) is 5.56 Å². The third-order valence-corrected chi connectivity index (χ3v) is 4.69. The molecule has 0 radical (unpaired) electrons. The second kappa shape index (κ2) is 5.85. The lowest BCUT2D eigenvalue weighted by molar-refractivity contribution is 0.950. The molecule has 0 saturated carbocycles. The average Bonchev–Trinajstić information content (AvgIpc) is 2.51. The van der Waals surface area contributed by atoms with Crippen molar-refractivity contribution in [3.63, 3.8) is 0 Å². The highest BCUT2D eigenvalue weighted by Crippen LogP contribution is 2.24. The SMILES string of the molecule is CSc1ncc2c(=O)n(-c3c(C)cccc3C)cc(Br)c2n1. The number of fused-ring (bicyclic) bond motifs is 1. The van der Waals surface area contributed by atoms with Gasteiger partial charge in [-0.2, -0.15) is 0 Å². The van der Waals surface area contributed by atoms with E-state index in [-0.39, 0.29) is 5.56 Å². The van der Waals surface area contributed by atoms with E-state index in [9.17, 15) is 4.79 Å². The summed E-state index contributed by atoms with van der Waals surface area (Å²) < 4.78 is 2.45. The lowest BCUT2D eigenvalue weighted by Gasteiger charge is -2.14. The van der Waals surface area contributed by atoms with Gasteiger partial charge in [-0.3, -0.25) is 9.36 Å². The number of pyridine rings is 1. The summed E-state index contributed by atoms with van der Waals surface area (Å²) >= 11 is 4.98. The van der Waals surface area contributed by atoms with Gasteiger partial charge in [0, 0.05) is 12.4 Å². The highest BCUT2D eigenvalue weighted by Gasteiger charge is 2.13. The fraction of sp³-hybridized carbons (Fsp3) is 0.188. The maximum Gasteiger partial charge on any atom is 0.266 e. The topological polar surface area (TPSA) is 47.8 Å². The first kappa shape index (κ1) is 15.2. The fourth-order valence-electron chi connectivity index (χ4n) is 2.52. The van der Waals surface area contributed by atoms with E-state index in [0.717, 1.165) is 21.3 Å². The molecule has 0 saturated heterocycles. The van der Waals surface area contributed by atoms with Crippen LogP contribution in [0.2, 0.25) is 0 Å². The van der Waals surface area contributed by atoms with Crippen LogP contribution in [0.3, 0.4) is 0 Å². The third-order valence-electron chi connectivity index (χ3n) is 3.55. The fourth-order valence-corrected chi connectivity index (χ4v) is 3.36. The van der Waals surface area contributed by atoms with Gasteiger partial charge >= 0.3 is 0 Å². The molecule has 112 valence electrons. The molecule has 0 N–H and O–H groups in total. The van der Waals surface area contributed by atoms with Crippen molar-refractivity contribution in [2.75, 3.05) is 6.26 Å². The van der Waals surface area contributed by atoms with Crippen molar-refractivity contribution in [2.45, 2.75) is 19.0 Å². The van der Waals surface area contributed by atoms with Crippen LogP contribution in [0, 0.1) is 13.8 Å². The van der Waals surface area contributed by atoms with Gasteiger partial charge in [-0.05, 0) is 47.2 Å². The van der Waals surface area contributed by atoms with Gasteiger partial charge in [0.05, 0.1) is 21.1 Å². The van der Waals surface area contributed by atoms with E-state index in [1.165, 1.54) is 11.8 Å². The summed E-state index contributed by atoms with van der Waals surface area (Å²) in [4.78, 5) is 21.5. The van der Waals surface area contributed by atoms with E-state index in [1.807, 2.05) is 38.3 Å². The predicted molar refractivity (Wildman–Crippen MR) is 94.1 cm³/mol. The van der Waals surface area contributed by atoms with Crippen LogP contribution >= 0.6 is 27.7 Å². The average molecular weight is 376 g/mol. The molecule has 0 bridgehead atoms. The first-order chi connectivity index (χ1) is 10.5. The Morgan fingerprint density at radius 1 is 1.23 bits per heavy atom. The summed E-state index contributed by atoms with van der Waals surface area (Å²) in [5.74, 6) is 0. The lowest BCUT2D eigenvalue weighted by Crippen LogP contribution is -2.20. The van der Waals surface area contributed by atoms with Gasteiger partial charge in [-0.15, -0.1) is 0 Å². The van der Waals surface area contributed by atoms with E-state index in [1.54, 1.807) is 17.0 Å². The predicted octanol–water partition coefficient (Wildman–Crippen LogP) is 3.88. The molecule has 0 aliphatic heterocycles. The number of hydrogen-bond acceptors (Lipinski definition) is 4.